The minimum atomic E-state index is -0.597. The van der Waals surface area contributed by atoms with E-state index < -0.39 is 6.10 Å². The summed E-state index contributed by atoms with van der Waals surface area (Å²) in [7, 11) is 1.36. The lowest BCUT2D eigenvalue weighted by Crippen LogP contribution is -2.25. The minimum Gasteiger partial charge on any atom is -0.479 e. The summed E-state index contributed by atoms with van der Waals surface area (Å²) in [5.41, 5.74) is 2.23. The van der Waals surface area contributed by atoms with E-state index in [1.165, 1.54) is 12.7 Å². The summed E-state index contributed by atoms with van der Waals surface area (Å²) in [5.74, 6) is 0.348. The van der Waals surface area contributed by atoms with Crippen molar-refractivity contribution in [3.63, 3.8) is 0 Å². The van der Waals surface area contributed by atoms with Crippen LogP contribution in [-0.2, 0) is 9.53 Å². The van der Waals surface area contributed by atoms with Crippen molar-refractivity contribution in [2.24, 2.45) is 0 Å². The highest BCUT2D eigenvalue weighted by atomic mass is 16.6. The molecule has 0 radical (unpaired) electrons. The molecular formula is C16H25NO3. The SMILES string of the molecule is CCCNC(C)c1ccc(OC(C)C(=O)OC)c(C)c1. The van der Waals surface area contributed by atoms with Crippen LogP contribution in [0.25, 0.3) is 0 Å². The predicted molar refractivity (Wildman–Crippen MR) is 80.0 cm³/mol. The fraction of sp³-hybridized carbons (Fsp3) is 0.562. The number of aryl methyl sites for hydroxylation is 1. The van der Waals surface area contributed by atoms with Crippen molar-refractivity contribution in [2.75, 3.05) is 13.7 Å². The maximum atomic E-state index is 11.4. The fourth-order valence-electron chi connectivity index (χ4n) is 1.96. The van der Waals surface area contributed by atoms with Gasteiger partial charge in [0.1, 0.15) is 5.75 Å². The molecule has 2 atom stereocenters. The highest BCUT2D eigenvalue weighted by molar-refractivity contribution is 5.74. The highest BCUT2D eigenvalue weighted by Gasteiger charge is 2.16. The van der Waals surface area contributed by atoms with Gasteiger partial charge in [-0.25, -0.2) is 4.79 Å². The van der Waals surface area contributed by atoms with Gasteiger partial charge in [0.2, 0.25) is 0 Å². The smallest absolute Gasteiger partial charge is 0.346 e. The molecule has 0 saturated heterocycles. The largest absolute Gasteiger partial charge is 0.479 e. The Hall–Kier alpha value is -1.55. The van der Waals surface area contributed by atoms with Crippen molar-refractivity contribution < 1.29 is 14.3 Å². The van der Waals surface area contributed by atoms with E-state index >= 15 is 0 Å². The Morgan fingerprint density at radius 3 is 2.60 bits per heavy atom. The Morgan fingerprint density at radius 2 is 2.05 bits per heavy atom. The number of hydrogen-bond acceptors (Lipinski definition) is 4. The number of esters is 1. The second kappa shape index (κ2) is 7.90. The zero-order chi connectivity index (χ0) is 15.1. The van der Waals surface area contributed by atoms with Crippen LogP contribution < -0.4 is 10.1 Å². The Morgan fingerprint density at radius 1 is 1.35 bits per heavy atom. The second-order valence-corrected chi connectivity index (χ2v) is 4.98. The molecule has 4 heteroatoms. The first-order chi connectivity index (χ1) is 9.49. The van der Waals surface area contributed by atoms with Gasteiger partial charge in [0.05, 0.1) is 7.11 Å². The summed E-state index contributed by atoms with van der Waals surface area (Å²) in [6.07, 6.45) is 0.515. The van der Waals surface area contributed by atoms with Gasteiger partial charge < -0.3 is 14.8 Å². The molecule has 0 spiro atoms. The molecule has 1 N–H and O–H groups in total. The maximum Gasteiger partial charge on any atom is 0.346 e. The van der Waals surface area contributed by atoms with Gasteiger partial charge in [0.25, 0.3) is 0 Å². The summed E-state index contributed by atoms with van der Waals surface area (Å²) in [4.78, 5) is 11.4. The molecule has 1 aromatic carbocycles. The number of carbonyl (C=O) groups excluding carboxylic acids is 1. The summed E-state index contributed by atoms with van der Waals surface area (Å²) in [5, 5.41) is 3.45. The first-order valence-corrected chi connectivity index (χ1v) is 7.08. The second-order valence-electron chi connectivity index (χ2n) is 4.98. The zero-order valence-electron chi connectivity index (χ0n) is 13.0. The van der Waals surface area contributed by atoms with Crippen molar-refractivity contribution in [3.05, 3.63) is 29.3 Å². The Kier molecular flexibility index (Phi) is 6.52. The van der Waals surface area contributed by atoms with Gasteiger partial charge in [-0.1, -0.05) is 19.1 Å². The summed E-state index contributed by atoms with van der Waals surface area (Å²) >= 11 is 0. The van der Waals surface area contributed by atoms with Gasteiger partial charge in [-0.2, -0.15) is 0 Å². The summed E-state index contributed by atoms with van der Waals surface area (Å²) in [6.45, 7) is 8.95. The van der Waals surface area contributed by atoms with E-state index in [0.717, 1.165) is 18.5 Å². The van der Waals surface area contributed by atoms with Crippen LogP contribution in [0.1, 0.15) is 44.4 Å². The lowest BCUT2D eigenvalue weighted by molar-refractivity contribution is -0.147. The minimum absolute atomic E-state index is 0.306. The van der Waals surface area contributed by atoms with Crippen molar-refractivity contribution >= 4 is 5.97 Å². The molecule has 0 aliphatic rings. The first kappa shape index (κ1) is 16.5. The molecule has 0 fully saturated rings. The molecule has 20 heavy (non-hydrogen) atoms. The van der Waals surface area contributed by atoms with E-state index in [9.17, 15) is 4.79 Å². The number of ether oxygens (including phenoxy) is 2. The number of benzene rings is 1. The third-order valence-corrected chi connectivity index (χ3v) is 3.24. The molecule has 0 aromatic heterocycles. The molecule has 0 bridgehead atoms. The topological polar surface area (TPSA) is 47.6 Å². The van der Waals surface area contributed by atoms with E-state index in [0.29, 0.717) is 11.8 Å². The van der Waals surface area contributed by atoms with Crippen LogP contribution in [0.5, 0.6) is 5.75 Å². The molecule has 112 valence electrons. The molecule has 1 aromatic rings. The number of rotatable bonds is 7. The summed E-state index contributed by atoms with van der Waals surface area (Å²) < 4.78 is 10.3. The molecule has 0 saturated carbocycles. The first-order valence-electron chi connectivity index (χ1n) is 7.08. The molecule has 0 amide bonds. The number of methoxy groups -OCH3 is 1. The average molecular weight is 279 g/mol. The third kappa shape index (κ3) is 4.53. The van der Waals surface area contributed by atoms with E-state index in [1.54, 1.807) is 6.92 Å². The van der Waals surface area contributed by atoms with Gasteiger partial charge in [0.15, 0.2) is 6.10 Å². The Bertz CT molecular complexity index is 445. The van der Waals surface area contributed by atoms with Crippen LogP contribution in [0.4, 0.5) is 0 Å². The monoisotopic (exact) mass is 279 g/mol. The molecule has 0 heterocycles. The number of hydrogen-bond donors (Lipinski definition) is 1. The van der Waals surface area contributed by atoms with Gasteiger partial charge in [-0.05, 0) is 50.9 Å². The molecule has 4 nitrogen and oxygen atoms in total. The van der Waals surface area contributed by atoms with Crippen molar-refractivity contribution in [1.82, 2.24) is 5.32 Å². The maximum absolute atomic E-state index is 11.4. The van der Waals surface area contributed by atoms with Crippen LogP contribution in [0, 0.1) is 6.92 Å². The third-order valence-electron chi connectivity index (χ3n) is 3.24. The van der Waals surface area contributed by atoms with Crippen molar-refractivity contribution in [3.8, 4) is 5.75 Å². The van der Waals surface area contributed by atoms with Crippen LogP contribution in [0.3, 0.4) is 0 Å². The average Bonchev–Trinajstić information content (AvgIpc) is 2.45. The van der Waals surface area contributed by atoms with E-state index in [1.807, 2.05) is 19.1 Å². The highest BCUT2D eigenvalue weighted by Crippen LogP contribution is 2.23. The van der Waals surface area contributed by atoms with Crippen LogP contribution in [0.2, 0.25) is 0 Å². The van der Waals surface area contributed by atoms with E-state index in [4.69, 9.17) is 4.74 Å². The van der Waals surface area contributed by atoms with E-state index in [2.05, 4.69) is 30.0 Å². The van der Waals surface area contributed by atoms with Gasteiger partial charge >= 0.3 is 5.97 Å². The molecule has 0 aliphatic heterocycles. The zero-order valence-corrected chi connectivity index (χ0v) is 13.0. The van der Waals surface area contributed by atoms with Gasteiger partial charge in [-0.3, -0.25) is 0 Å². The Labute approximate surface area is 121 Å². The summed E-state index contributed by atoms with van der Waals surface area (Å²) in [6, 6.07) is 6.33. The van der Waals surface area contributed by atoms with Crippen molar-refractivity contribution in [2.45, 2.75) is 46.3 Å². The number of carbonyl (C=O) groups is 1. The van der Waals surface area contributed by atoms with Crippen LogP contribution in [-0.4, -0.2) is 25.7 Å². The normalized spacial score (nSPS) is 13.7. The lowest BCUT2D eigenvalue weighted by atomic mass is 10.0. The number of nitrogens with one attached hydrogen (secondary N) is 1. The van der Waals surface area contributed by atoms with Gasteiger partial charge in [0, 0.05) is 6.04 Å². The molecule has 0 aliphatic carbocycles. The molecular weight excluding hydrogens is 254 g/mol. The fourth-order valence-corrected chi connectivity index (χ4v) is 1.96. The lowest BCUT2D eigenvalue weighted by Gasteiger charge is -2.18. The predicted octanol–water partition coefficient (Wildman–Crippen LogP) is 3.00. The Balaban J connectivity index is 2.75. The standard InChI is InChI=1S/C16H25NO3/c1-6-9-17-12(3)14-7-8-15(11(2)10-14)20-13(4)16(18)19-5/h7-8,10,12-13,17H,6,9H2,1-5H3. The molecule has 2 unspecified atom stereocenters. The van der Waals surface area contributed by atoms with Gasteiger partial charge in [-0.15, -0.1) is 0 Å². The van der Waals surface area contributed by atoms with Crippen LogP contribution in [0.15, 0.2) is 18.2 Å². The quantitative estimate of drug-likeness (QED) is 0.779. The molecule has 1 rings (SSSR count). The van der Waals surface area contributed by atoms with Crippen LogP contribution >= 0.6 is 0 Å². The van der Waals surface area contributed by atoms with E-state index in [-0.39, 0.29) is 5.97 Å². The van der Waals surface area contributed by atoms with Crippen molar-refractivity contribution in [1.29, 1.82) is 0 Å².